The maximum Gasteiger partial charge on any atom is 0.0355 e. The first-order valence-electron chi connectivity index (χ1n) is 3.33. The quantitative estimate of drug-likeness (QED) is 0.615. The molecule has 1 rings (SSSR count). The van der Waals surface area contributed by atoms with Crippen molar-refractivity contribution in [3.8, 4) is 0 Å². The van der Waals surface area contributed by atoms with Gasteiger partial charge in [0.2, 0.25) is 0 Å². The summed E-state index contributed by atoms with van der Waals surface area (Å²) in [6, 6.07) is 0. The highest BCUT2D eigenvalue weighted by Crippen LogP contribution is 2.25. The molecule has 1 saturated heterocycles. The number of allylic oxidation sites excluding steroid dienone is 2. The lowest BCUT2D eigenvalue weighted by molar-refractivity contribution is 0.371. The zero-order chi connectivity index (χ0) is 7.78. The Morgan fingerprint density at radius 3 is 2.50 bits per heavy atom. The first-order valence-corrected chi connectivity index (χ1v) is 3.70. The molecule has 0 amide bonds. The number of nitrogens with one attached hydrogen (secondary N) is 1. The Balaban J connectivity index is 2.67. The number of hydrogen-bond donors (Lipinski definition) is 1. The van der Waals surface area contributed by atoms with Crippen molar-refractivity contribution in [1.29, 1.82) is 0 Å². The molecule has 0 aromatic rings. The Morgan fingerprint density at radius 1 is 1.80 bits per heavy atom. The van der Waals surface area contributed by atoms with Gasteiger partial charge in [0.15, 0.2) is 0 Å². The van der Waals surface area contributed by atoms with Gasteiger partial charge in [0.05, 0.1) is 0 Å². The third-order valence-electron chi connectivity index (χ3n) is 1.85. The smallest absolute Gasteiger partial charge is 0.0355 e. The van der Waals surface area contributed by atoms with Crippen molar-refractivity contribution in [2.24, 2.45) is 0 Å². The van der Waals surface area contributed by atoms with E-state index in [4.69, 9.17) is 11.6 Å². The zero-order valence-electron chi connectivity index (χ0n) is 6.37. The van der Waals surface area contributed by atoms with Gasteiger partial charge in [-0.1, -0.05) is 18.2 Å². The molecule has 10 heavy (non-hydrogen) atoms. The SMILES string of the molecule is C=C(Cl)/C=C1/CNC1(C)C. The molecule has 0 bridgehead atoms. The summed E-state index contributed by atoms with van der Waals surface area (Å²) < 4.78 is 0. The molecule has 1 aliphatic heterocycles. The molecule has 0 saturated carbocycles. The van der Waals surface area contributed by atoms with E-state index in [0.29, 0.717) is 5.03 Å². The summed E-state index contributed by atoms with van der Waals surface area (Å²) in [5.74, 6) is 0. The molecule has 56 valence electrons. The molecule has 2 heteroatoms. The first-order chi connectivity index (χ1) is 4.52. The molecule has 1 N–H and O–H groups in total. The molecule has 0 aromatic carbocycles. The van der Waals surface area contributed by atoms with Crippen molar-refractivity contribution in [2.45, 2.75) is 19.4 Å². The summed E-state index contributed by atoms with van der Waals surface area (Å²) in [6.07, 6.45) is 1.93. The van der Waals surface area contributed by atoms with E-state index in [2.05, 4.69) is 25.7 Å². The number of hydrogen-bond acceptors (Lipinski definition) is 1. The standard InChI is InChI=1S/C8H12ClN/c1-6(9)4-7-5-10-8(7,2)3/h4,10H,1,5H2,2-3H3/b7-4-. The van der Waals surface area contributed by atoms with Gasteiger partial charge in [-0.25, -0.2) is 0 Å². The molecule has 0 atom stereocenters. The van der Waals surface area contributed by atoms with Crippen molar-refractivity contribution in [2.75, 3.05) is 6.54 Å². The van der Waals surface area contributed by atoms with Crippen LogP contribution in [0.15, 0.2) is 23.3 Å². The molecule has 1 nitrogen and oxygen atoms in total. The zero-order valence-corrected chi connectivity index (χ0v) is 7.13. The molecule has 1 heterocycles. The number of halogens is 1. The van der Waals surface area contributed by atoms with Crippen molar-refractivity contribution in [3.05, 3.63) is 23.3 Å². The molecule has 0 aliphatic carbocycles. The van der Waals surface area contributed by atoms with Crippen LogP contribution in [0.2, 0.25) is 0 Å². The summed E-state index contributed by atoms with van der Waals surface area (Å²) in [7, 11) is 0. The molecule has 0 unspecified atom stereocenters. The van der Waals surface area contributed by atoms with Crippen molar-refractivity contribution in [3.63, 3.8) is 0 Å². The monoisotopic (exact) mass is 157 g/mol. The average Bonchev–Trinajstić information content (AvgIpc) is 1.81. The van der Waals surface area contributed by atoms with Crippen LogP contribution >= 0.6 is 11.6 Å². The average molecular weight is 158 g/mol. The van der Waals surface area contributed by atoms with Crippen LogP contribution in [0, 0.1) is 0 Å². The predicted molar refractivity (Wildman–Crippen MR) is 45.2 cm³/mol. The van der Waals surface area contributed by atoms with Crippen LogP contribution in [0.4, 0.5) is 0 Å². The minimum absolute atomic E-state index is 0.137. The van der Waals surface area contributed by atoms with E-state index in [-0.39, 0.29) is 5.54 Å². The summed E-state index contributed by atoms with van der Waals surface area (Å²) in [5, 5.41) is 3.89. The van der Waals surface area contributed by atoms with E-state index in [0.717, 1.165) is 6.54 Å². The van der Waals surface area contributed by atoms with Gasteiger partial charge in [0, 0.05) is 17.1 Å². The van der Waals surface area contributed by atoms with Crippen LogP contribution < -0.4 is 5.32 Å². The van der Waals surface area contributed by atoms with Crippen molar-refractivity contribution >= 4 is 11.6 Å². The van der Waals surface area contributed by atoms with E-state index < -0.39 is 0 Å². The molecule has 0 spiro atoms. The van der Waals surface area contributed by atoms with Crippen molar-refractivity contribution in [1.82, 2.24) is 5.32 Å². The largest absolute Gasteiger partial charge is 0.304 e. The van der Waals surface area contributed by atoms with Crippen LogP contribution in [0.25, 0.3) is 0 Å². The fraction of sp³-hybridized carbons (Fsp3) is 0.500. The lowest BCUT2D eigenvalue weighted by Crippen LogP contribution is -2.54. The van der Waals surface area contributed by atoms with Crippen LogP contribution in [-0.4, -0.2) is 12.1 Å². The fourth-order valence-electron chi connectivity index (χ4n) is 0.965. The Labute approximate surface area is 66.8 Å². The van der Waals surface area contributed by atoms with E-state index in [9.17, 15) is 0 Å². The Bertz CT molecular complexity index is 191. The van der Waals surface area contributed by atoms with E-state index >= 15 is 0 Å². The van der Waals surface area contributed by atoms with E-state index in [1.54, 1.807) is 0 Å². The van der Waals surface area contributed by atoms with Gasteiger partial charge in [0.1, 0.15) is 0 Å². The second kappa shape index (κ2) is 2.40. The van der Waals surface area contributed by atoms with Gasteiger partial charge in [-0.05, 0) is 25.5 Å². The van der Waals surface area contributed by atoms with Crippen LogP contribution in [-0.2, 0) is 0 Å². The third kappa shape index (κ3) is 1.41. The van der Waals surface area contributed by atoms with Crippen molar-refractivity contribution < 1.29 is 0 Å². The molecule has 0 aromatic heterocycles. The summed E-state index contributed by atoms with van der Waals surface area (Å²) in [5.41, 5.74) is 1.46. The predicted octanol–water partition coefficient (Wildman–Crippen LogP) is 2.05. The highest BCUT2D eigenvalue weighted by Gasteiger charge is 2.30. The molecule has 0 radical (unpaired) electrons. The second-order valence-electron chi connectivity index (χ2n) is 3.09. The Morgan fingerprint density at radius 2 is 2.40 bits per heavy atom. The lowest BCUT2D eigenvalue weighted by atomic mass is 9.86. The fourth-order valence-corrected chi connectivity index (χ4v) is 1.10. The molecule has 1 fully saturated rings. The second-order valence-corrected chi connectivity index (χ2v) is 3.58. The number of rotatable bonds is 1. The maximum atomic E-state index is 5.61. The Kier molecular flexibility index (Phi) is 1.88. The van der Waals surface area contributed by atoms with E-state index in [1.807, 2.05) is 6.08 Å². The minimum atomic E-state index is 0.137. The van der Waals surface area contributed by atoms with Gasteiger partial charge in [-0.2, -0.15) is 0 Å². The molecular weight excluding hydrogens is 146 g/mol. The minimum Gasteiger partial charge on any atom is -0.304 e. The maximum absolute atomic E-state index is 5.61. The Hall–Kier alpha value is -0.270. The van der Waals surface area contributed by atoms with Gasteiger partial charge in [-0.15, -0.1) is 0 Å². The highest BCUT2D eigenvalue weighted by atomic mass is 35.5. The topological polar surface area (TPSA) is 12.0 Å². The summed E-state index contributed by atoms with van der Waals surface area (Å²) in [6.45, 7) is 8.80. The van der Waals surface area contributed by atoms with Crippen LogP contribution in [0.5, 0.6) is 0 Å². The van der Waals surface area contributed by atoms with Crippen LogP contribution in [0.3, 0.4) is 0 Å². The normalized spacial score (nSPS) is 26.1. The summed E-state index contributed by atoms with van der Waals surface area (Å²) in [4.78, 5) is 0. The van der Waals surface area contributed by atoms with Gasteiger partial charge < -0.3 is 5.32 Å². The molecule has 1 aliphatic rings. The van der Waals surface area contributed by atoms with E-state index in [1.165, 1.54) is 5.57 Å². The van der Waals surface area contributed by atoms with Crippen LogP contribution in [0.1, 0.15) is 13.8 Å². The lowest BCUT2D eigenvalue weighted by Gasteiger charge is -2.40. The third-order valence-corrected chi connectivity index (χ3v) is 1.96. The highest BCUT2D eigenvalue weighted by molar-refractivity contribution is 6.30. The summed E-state index contributed by atoms with van der Waals surface area (Å²) >= 11 is 5.61. The van der Waals surface area contributed by atoms with Gasteiger partial charge in [0.25, 0.3) is 0 Å². The van der Waals surface area contributed by atoms with Gasteiger partial charge in [-0.3, -0.25) is 0 Å². The van der Waals surface area contributed by atoms with Gasteiger partial charge >= 0.3 is 0 Å². The molecular formula is C8H12ClN. The first kappa shape index (κ1) is 7.83.